The van der Waals surface area contributed by atoms with Gasteiger partial charge in [0.05, 0.1) is 18.4 Å². The zero-order chi connectivity index (χ0) is 25.5. The highest BCUT2D eigenvalue weighted by Crippen LogP contribution is 2.29. The third-order valence-electron chi connectivity index (χ3n) is 5.10. The van der Waals surface area contributed by atoms with Gasteiger partial charge in [-0.05, 0) is 53.6 Å². The molecule has 35 heavy (non-hydrogen) atoms. The highest BCUT2D eigenvalue weighted by atomic mass is 32.2. The molecule has 0 aliphatic heterocycles. The maximum absolute atomic E-state index is 13.0. The zero-order valence-corrected chi connectivity index (χ0v) is 19.6. The Kier molecular flexibility index (Phi) is 8.24. The van der Waals surface area contributed by atoms with Crippen LogP contribution in [0.25, 0.3) is 11.1 Å². The molecule has 0 saturated heterocycles. The first-order chi connectivity index (χ1) is 16.7. The van der Waals surface area contributed by atoms with Crippen molar-refractivity contribution >= 4 is 40.5 Å². The van der Waals surface area contributed by atoms with Gasteiger partial charge in [-0.2, -0.15) is 0 Å². The molecule has 3 rings (SSSR count). The molecule has 1 atom stereocenters. The van der Waals surface area contributed by atoms with Crippen molar-refractivity contribution in [3.63, 3.8) is 0 Å². The fraction of sp³-hybridized carbons (Fsp3) is 0.120. The van der Waals surface area contributed by atoms with Crippen molar-refractivity contribution in [1.82, 2.24) is 5.32 Å². The lowest BCUT2D eigenvalue weighted by Gasteiger charge is -2.14. The summed E-state index contributed by atoms with van der Waals surface area (Å²) < 4.78 is 11.2. The monoisotopic (exact) mass is 492 g/mol. The number of hydrogen-bond acceptors (Lipinski definition) is 5. The Hall–Kier alpha value is -4.15. The van der Waals surface area contributed by atoms with Crippen LogP contribution >= 0.6 is 0 Å². The number of carboxylic acids is 1. The fourth-order valence-electron chi connectivity index (χ4n) is 3.36. The number of hydrogen-bond donors (Lipinski definition) is 5. The number of benzene rings is 3. The average molecular weight is 493 g/mol. The van der Waals surface area contributed by atoms with Crippen LogP contribution in [0.3, 0.4) is 0 Å². The highest BCUT2D eigenvalue weighted by molar-refractivity contribution is 7.90. The number of carbonyl (C=O) groups is 3. The van der Waals surface area contributed by atoms with Crippen molar-refractivity contribution in [2.45, 2.75) is 0 Å². The van der Waals surface area contributed by atoms with E-state index in [4.69, 9.17) is 11.1 Å². The first-order valence-corrected chi connectivity index (χ1v) is 12.2. The Morgan fingerprint density at radius 1 is 0.943 bits per heavy atom. The average Bonchev–Trinajstić information content (AvgIpc) is 2.83. The minimum atomic E-state index is -1.25. The summed E-state index contributed by atoms with van der Waals surface area (Å²) in [5.41, 5.74) is 7.36. The second-order valence-corrected chi connectivity index (χ2v) is 9.14. The van der Waals surface area contributed by atoms with Crippen molar-refractivity contribution in [2.75, 3.05) is 23.9 Å². The van der Waals surface area contributed by atoms with E-state index in [2.05, 4.69) is 10.6 Å². The molecule has 180 valence electrons. The zero-order valence-electron chi connectivity index (χ0n) is 18.8. The lowest BCUT2D eigenvalue weighted by atomic mass is 9.93. The molecule has 6 N–H and O–H groups in total. The van der Waals surface area contributed by atoms with Crippen LogP contribution in [-0.2, 0) is 11.2 Å². The van der Waals surface area contributed by atoms with Crippen LogP contribution in [0, 0.1) is 5.41 Å². The topological polar surface area (TPSA) is 168 Å². The second kappa shape index (κ2) is 11.3. The van der Waals surface area contributed by atoms with Gasteiger partial charge < -0.3 is 26.0 Å². The maximum Gasteiger partial charge on any atom is 0.336 e. The van der Waals surface area contributed by atoms with Crippen molar-refractivity contribution in [3.8, 4) is 11.1 Å². The summed E-state index contributed by atoms with van der Waals surface area (Å²) >= 11 is -1.07. The quantitative estimate of drug-likeness (QED) is 0.175. The third kappa shape index (κ3) is 6.46. The van der Waals surface area contributed by atoms with Crippen LogP contribution in [0.5, 0.6) is 0 Å². The van der Waals surface area contributed by atoms with Gasteiger partial charge in [0.1, 0.15) is 11.6 Å². The van der Waals surface area contributed by atoms with E-state index in [-0.39, 0.29) is 40.4 Å². The number of nitrogens with two attached hydrogens (primary N) is 1. The summed E-state index contributed by atoms with van der Waals surface area (Å²) in [5.74, 6) is -1.99. The Labute approximate surface area is 205 Å². The molecule has 2 amide bonds. The molecule has 0 bridgehead atoms. The van der Waals surface area contributed by atoms with Crippen LogP contribution in [-0.4, -0.2) is 51.8 Å². The molecular formula is C25H24N4O5S. The molecule has 0 aliphatic rings. The molecule has 9 nitrogen and oxygen atoms in total. The number of amidine groups is 1. The van der Waals surface area contributed by atoms with Crippen LogP contribution < -0.4 is 16.4 Å². The standard InChI is InChI=1S/C25H24N4O5S/c1-35(34)13-12-28-23(30)16-8-11-19(21(14-16)25(32)33)18-4-2-3-5-20(18)24(31)29-17-9-6-15(7-10-17)22(26)27/h2-11,14H,12-13H2,1H3,(H3,26,27)(H,28,30)(H,29,31)(H,32,33). The fourth-order valence-corrected chi connectivity index (χ4v) is 3.74. The molecule has 1 unspecified atom stereocenters. The minimum Gasteiger partial charge on any atom is -0.617 e. The number of amides is 2. The van der Waals surface area contributed by atoms with Gasteiger partial charge in [0.25, 0.3) is 11.8 Å². The first-order valence-electron chi connectivity index (χ1n) is 10.5. The number of anilines is 1. The lowest BCUT2D eigenvalue weighted by molar-refractivity contribution is 0.0697. The summed E-state index contributed by atoms with van der Waals surface area (Å²) in [6.07, 6.45) is 1.53. The van der Waals surface area contributed by atoms with E-state index >= 15 is 0 Å². The van der Waals surface area contributed by atoms with Gasteiger partial charge in [0, 0.05) is 22.4 Å². The van der Waals surface area contributed by atoms with E-state index in [1.807, 2.05) is 0 Å². The van der Waals surface area contributed by atoms with Crippen molar-refractivity contribution in [1.29, 1.82) is 5.41 Å². The number of nitrogen functional groups attached to an aromatic ring is 1. The number of aromatic carboxylic acids is 1. The van der Waals surface area contributed by atoms with Crippen LogP contribution in [0.4, 0.5) is 5.69 Å². The van der Waals surface area contributed by atoms with Crippen LogP contribution in [0.2, 0.25) is 0 Å². The predicted molar refractivity (Wildman–Crippen MR) is 136 cm³/mol. The van der Waals surface area contributed by atoms with E-state index in [0.29, 0.717) is 16.8 Å². The molecule has 0 fully saturated rings. The van der Waals surface area contributed by atoms with Crippen molar-refractivity contribution in [3.05, 3.63) is 89.0 Å². The molecule has 0 aromatic heterocycles. The largest absolute Gasteiger partial charge is 0.617 e. The SMILES string of the molecule is C[S+]([O-])CCNC(=O)c1ccc(-c2ccccc2C(=O)Nc2ccc(C(=N)N)cc2)c(C(=O)O)c1. The van der Waals surface area contributed by atoms with Crippen LogP contribution in [0.15, 0.2) is 66.7 Å². The lowest BCUT2D eigenvalue weighted by Crippen LogP contribution is -2.29. The number of carboxylic acid groups (broad SMARTS) is 1. The van der Waals surface area contributed by atoms with Crippen LogP contribution in [0.1, 0.15) is 36.6 Å². The van der Waals surface area contributed by atoms with E-state index < -0.39 is 29.0 Å². The van der Waals surface area contributed by atoms with Gasteiger partial charge in [0.15, 0.2) is 0 Å². The highest BCUT2D eigenvalue weighted by Gasteiger charge is 2.20. The molecule has 0 spiro atoms. The van der Waals surface area contributed by atoms with Crippen molar-refractivity contribution < 1.29 is 24.0 Å². The summed E-state index contributed by atoms with van der Waals surface area (Å²) in [5, 5.41) is 22.6. The number of rotatable bonds is 9. The summed E-state index contributed by atoms with van der Waals surface area (Å²) in [6.45, 7) is 0.197. The Morgan fingerprint density at radius 3 is 2.20 bits per heavy atom. The van der Waals surface area contributed by atoms with Gasteiger partial charge in [0.2, 0.25) is 0 Å². The first kappa shape index (κ1) is 25.5. The van der Waals surface area contributed by atoms with Gasteiger partial charge in [-0.15, -0.1) is 0 Å². The van der Waals surface area contributed by atoms with Gasteiger partial charge >= 0.3 is 5.97 Å². The smallest absolute Gasteiger partial charge is 0.336 e. The predicted octanol–water partition coefficient (Wildman–Crippen LogP) is 2.70. The molecule has 10 heteroatoms. The molecule has 0 saturated carbocycles. The van der Waals surface area contributed by atoms with E-state index in [0.717, 1.165) is 0 Å². The van der Waals surface area contributed by atoms with Gasteiger partial charge in [-0.25, -0.2) is 4.79 Å². The Bertz CT molecular complexity index is 1280. The molecular weight excluding hydrogens is 468 g/mol. The molecule has 0 heterocycles. The second-order valence-electron chi connectivity index (χ2n) is 7.59. The van der Waals surface area contributed by atoms with Gasteiger partial charge in [-0.1, -0.05) is 35.4 Å². The number of nitrogens with one attached hydrogen (secondary N) is 3. The Balaban J connectivity index is 1.91. The van der Waals surface area contributed by atoms with E-state index in [1.54, 1.807) is 48.5 Å². The number of carbonyl (C=O) groups excluding carboxylic acids is 2. The normalized spacial score (nSPS) is 11.4. The van der Waals surface area contributed by atoms with E-state index in [9.17, 15) is 24.0 Å². The minimum absolute atomic E-state index is 0.0908. The molecule has 3 aromatic rings. The summed E-state index contributed by atoms with van der Waals surface area (Å²) in [7, 11) is 0. The molecule has 0 radical (unpaired) electrons. The Morgan fingerprint density at radius 2 is 1.57 bits per heavy atom. The molecule has 0 aliphatic carbocycles. The summed E-state index contributed by atoms with van der Waals surface area (Å²) in [4.78, 5) is 37.5. The van der Waals surface area contributed by atoms with Gasteiger partial charge in [-0.3, -0.25) is 15.0 Å². The van der Waals surface area contributed by atoms with E-state index in [1.165, 1.54) is 24.5 Å². The summed E-state index contributed by atoms with van der Waals surface area (Å²) in [6, 6.07) is 17.2. The maximum atomic E-state index is 13.0. The molecule has 3 aromatic carbocycles. The third-order valence-corrected chi connectivity index (χ3v) is 5.88. The van der Waals surface area contributed by atoms with Crippen molar-refractivity contribution in [2.24, 2.45) is 5.73 Å².